The average Bonchev–Trinajstić information content (AvgIpc) is 2.76. The molecular weight excluding hydrogens is 316 g/mol. The van der Waals surface area contributed by atoms with Gasteiger partial charge < -0.3 is 0 Å². The number of benzene rings is 2. The van der Waals surface area contributed by atoms with Gasteiger partial charge in [0, 0.05) is 14.1 Å². The van der Waals surface area contributed by atoms with E-state index in [1.165, 1.54) is 33.4 Å². The SMILES string of the molecule is Cc1ccc(C2CC(c3ccc(C)cc3C)N(C)N2C)c(C)c1.Cl. The minimum Gasteiger partial charge on any atom is -0.237 e. The quantitative estimate of drug-likeness (QED) is 0.728. The smallest absolute Gasteiger partial charge is 0.0513 e. The van der Waals surface area contributed by atoms with E-state index in [2.05, 4.69) is 88.2 Å². The first kappa shape index (κ1) is 19.0. The number of aryl methyl sites for hydroxylation is 4. The van der Waals surface area contributed by atoms with Gasteiger partial charge >= 0.3 is 0 Å². The maximum atomic E-state index is 2.40. The number of hydrazine groups is 1. The fraction of sp³-hybridized carbons (Fsp3) is 0.429. The summed E-state index contributed by atoms with van der Waals surface area (Å²) in [7, 11) is 4.43. The van der Waals surface area contributed by atoms with E-state index in [1.54, 1.807) is 0 Å². The zero-order valence-electron chi connectivity index (χ0n) is 15.6. The van der Waals surface area contributed by atoms with Gasteiger partial charge in [-0.2, -0.15) is 0 Å². The molecule has 1 saturated heterocycles. The third-order valence-corrected chi connectivity index (χ3v) is 5.41. The van der Waals surface area contributed by atoms with Crippen molar-refractivity contribution < 1.29 is 0 Å². The van der Waals surface area contributed by atoms with Crippen LogP contribution in [0.2, 0.25) is 0 Å². The van der Waals surface area contributed by atoms with E-state index in [0.717, 1.165) is 6.42 Å². The zero-order chi connectivity index (χ0) is 16.7. The molecule has 1 aliphatic heterocycles. The van der Waals surface area contributed by atoms with Crippen molar-refractivity contribution in [1.29, 1.82) is 0 Å². The van der Waals surface area contributed by atoms with Gasteiger partial charge in [-0.1, -0.05) is 47.5 Å². The van der Waals surface area contributed by atoms with Crippen LogP contribution in [-0.2, 0) is 0 Å². The molecule has 0 aromatic heterocycles. The van der Waals surface area contributed by atoms with E-state index in [0.29, 0.717) is 12.1 Å². The Balaban J connectivity index is 0.00000208. The van der Waals surface area contributed by atoms with E-state index in [4.69, 9.17) is 0 Å². The monoisotopic (exact) mass is 344 g/mol. The zero-order valence-corrected chi connectivity index (χ0v) is 16.4. The Kier molecular flexibility index (Phi) is 5.74. The highest BCUT2D eigenvalue weighted by molar-refractivity contribution is 5.85. The van der Waals surface area contributed by atoms with E-state index >= 15 is 0 Å². The van der Waals surface area contributed by atoms with Gasteiger partial charge in [-0.25, -0.2) is 10.0 Å². The van der Waals surface area contributed by atoms with E-state index in [9.17, 15) is 0 Å². The normalized spacial score (nSPS) is 21.8. The van der Waals surface area contributed by atoms with Gasteiger partial charge in [0.15, 0.2) is 0 Å². The van der Waals surface area contributed by atoms with Gasteiger partial charge in [0.1, 0.15) is 0 Å². The molecule has 0 N–H and O–H groups in total. The Labute approximate surface area is 152 Å². The van der Waals surface area contributed by atoms with Gasteiger partial charge in [0.25, 0.3) is 0 Å². The third-order valence-electron chi connectivity index (χ3n) is 5.41. The highest BCUT2D eigenvalue weighted by Gasteiger charge is 2.37. The summed E-state index contributed by atoms with van der Waals surface area (Å²) in [5.74, 6) is 0. The number of nitrogens with zero attached hydrogens (tertiary/aromatic N) is 2. The predicted octanol–water partition coefficient (Wildman–Crippen LogP) is 5.31. The molecule has 0 aliphatic carbocycles. The predicted molar refractivity (Wildman–Crippen MR) is 105 cm³/mol. The van der Waals surface area contributed by atoms with Crippen molar-refractivity contribution in [2.24, 2.45) is 0 Å². The molecule has 0 saturated carbocycles. The maximum Gasteiger partial charge on any atom is 0.0513 e. The molecule has 1 heterocycles. The fourth-order valence-corrected chi connectivity index (χ4v) is 4.01. The topological polar surface area (TPSA) is 6.48 Å². The molecule has 0 bridgehead atoms. The van der Waals surface area contributed by atoms with Gasteiger partial charge in [-0.05, 0) is 56.4 Å². The summed E-state index contributed by atoms with van der Waals surface area (Å²) in [5.41, 5.74) is 8.39. The summed E-state index contributed by atoms with van der Waals surface area (Å²) in [6, 6.07) is 14.6. The minimum absolute atomic E-state index is 0. The lowest BCUT2D eigenvalue weighted by Crippen LogP contribution is -2.32. The van der Waals surface area contributed by atoms with Crippen molar-refractivity contribution in [3.05, 3.63) is 69.8 Å². The third kappa shape index (κ3) is 3.37. The summed E-state index contributed by atoms with van der Waals surface area (Å²) in [5, 5.41) is 4.81. The van der Waals surface area contributed by atoms with Crippen LogP contribution in [0.1, 0.15) is 51.9 Å². The van der Waals surface area contributed by atoms with Crippen LogP contribution in [-0.4, -0.2) is 24.1 Å². The van der Waals surface area contributed by atoms with Crippen LogP contribution in [0.5, 0.6) is 0 Å². The van der Waals surface area contributed by atoms with Crippen molar-refractivity contribution in [2.45, 2.75) is 46.2 Å². The average molecular weight is 345 g/mol. The summed E-state index contributed by atoms with van der Waals surface area (Å²) >= 11 is 0. The number of hydrogen-bond acceptors (Lipinski definition) is 2. The number of halogens is 1. The van der Waals surface area contributed by atoms with Crippen molar-refractivity contribution in [2.75, 3.05) is 14.1 Å². The van der Waals surface area contributed by atoms with Crippen LogP contribution in [0, 0.1) is 27.7 Å². The first-order valence-corrected chi connectivity index (χ1v) is 8.48. The highest BCUT2D eigenvalue weighted by Crippen LogP contribution is 2.43. The maximum absolute atomic E-state index is 2.40. The second-order valence-electron chi connectivity index (χ2n) is 7.13. The molecule has 0 amide bonds. The van der Waals surface area contributed by atoms with Gasteiger partial charge in [0.2, 0.25) is 0 Å². The van der Waals surface area contributed by atoms with Gasteiger partial charge in [0.05, 0.1) is 12.1 Å². The van der Waals surface area contributed by atoms with E-state index in [-0.39, 0.29) is 12.4 Å². The van der Waals surface area contributed by atoms with Crippen molar-refractivity contribution >= 4 is 12.4 Å². The summed E-state index contributed by atoms with van der Waals surface area (Å²) < 4.78 is 0. The Morgan fingerprint density at radius 1 is 0.708 bits per heavy atom. The number of rotatable bonds is 2. The Morgan fingerprint density at radius 3 is 1.42 bits per heavy atom. The lowest BCUT2D eigenvalue weighted by molar-refractivity contribution is 0.0249. The van der Waals surface area contributed by atoms with E-state index in [1.807, 2.05) is 0 Å². The fourth-order valence-electron chi connectivity index (χ4n) is 4.01. The first-order chi connectivity index (χ1) is 10.9. The lowest BCUT2D eigenvalue weighted by atomic mass is 9.91. The summed E-state index contributed by atoms with van der Waals surface area (Å²) in [6.07, 6.45) is 1.14. The number of hydrogen-bond donors (Lipinski definition) is 0. The molecule has 130 valence electrons. The largest absolute Gasteiger partial charge is 0.237 e. The van der Waals surface area contributed by atoms with Crippen LogP contribution in [0.4, 0.5) is 0 Å². The second-order valence-corrected chi connectivity index (χ2v) is 7.13. The molecule has 2 nitrogen and oxygen atoms in total. The summed E-state index contributed by atoms with van der Waals surface area (Å²) in [6.45, 7) is 8.81. The molecule has 2 aromatic rings. The molecule has 24 heavy (non-hydrogen) atoms. The van der Waals surface area contributed by atoms with Crippen molar-refractivity contribution in [1.82, 2.24) is 10.0 Å². The van der Waals surface area contributed by atoms with Gasteiger partial charge in [-0.15, -0.1) is 12.4 Å². The van der Waals surface area contributed by atoms with Crippen molar-refractivity contribution in [3.63, 3.8) is 0 Å². The van der Waals surface area contributed by atoms with Crippen LogP contribution >= 0.6 is 12.4 Å². The van der Waals surface area contributed by atoms with Crippen LogP contribution < -0.4 is 0 Å². The molecule has 1 aliphatic rings. The molecule has 3 rings (SSSR count). The molecular formula is C21H29ClN2. The van der Waals surface area contributed by atoms with Crippen LogP contribution in [0.25, 0.3) is 0 Å². The standard InChI is InChI=1S/C21H28N2.ClH/c1-14-7-9-18(16(3)11-14)20-13-21(23(6)22(20)5)19-10-8-15(2)12-17(19)4;/h7-12,20-21H,13H2,1-6H3;1H. The highest BCUT2D eigenvalue weighted by atomic mass is 35.5. The molecule has 3 heteroatoms. The van der Waals surface area contributed by atoms with E-state index < -0.39 is 0 Å². The minimum atomic E-state index is 0. The van der Waals surface area contributed by atoms with Crippen LogP contribution in [0.3, 0.4) is 0 Å². The molecule has 1 fully saturated rings. The molecule has 0 radical (unpaired) electrons. The van der Waals surface area contributed by atoms with Gasteiger partial charge in [-0.3, -0.25) is 0 Å². The Bertz CT molecular complexity index is 664. The van der Waals surface area contributed by atoms with Crippen LogP contribution in [0.15, 0.2) is 36.4 Å². The Hall–Kier alpha value is -1.35. The second kappa shape index (κ2) is 7.26. The molecule has 2 atom stereocenters. The van der Waals surface area contributed by atoms with Crippen molar-refractivity contribution in [3.8, 4) is 0 Å². The summed E-state index contributed by atoms with van der Waals surface area (Å²) in [4.78, 5) is 0. The lowest BCUT2D eigenvalue weighted by Gasteiger charge is -2.29. The first-order valence-electron chi connectivity index (χ1n) is 8.48. The molecule has 0 spiro atoms. The molecule has 2 aromatic carbocycles. The molecule has 2 unspecified atom stereocenters. The Morgan fingerprint density at radius 2 is 1.08 bits per heavy atom.